The maximum atomic E-state index is 11.9. The van der Waals surface area contributed by atoms with Gasteiger partial charge >= 0.3 is 11.9 Å². The monoisotopic (exact) mass is 290 g/mol. The van der Waals surface area contributed by atoms with Crippen molar-refractivity contribution in [1.82, 2.24) is 5.32 Å². The summed E-state index contributed by atoms with van der Waals surface area (Å²) < 4.78 is 10.6. The lowest BCUT2D eigenvalue weighted by Gasteiger charge is -2.27. The third-order valence-electron chi connectivity index (χ3n) is 4.63. The molecule has 0 aromatic carbocycles. The summed E-state index contributed by atoms with van der Waals surface area (Å²) in [6, 6.07) is 2.09. The van der Waals surface area contributed by atoms with Crippen molar-refractivity contribution in [3.05, 3.63) is 12.7 Å². The predicted octanol–water partition coefficient (Wildman–Crippen LogP) is -0.324. The molecule has 0 spiro atoms. The van der Waals surface area contributed by atoms with Crippen LogP contribution in [0.25, 0.3) is 0 Å². The molecule has 2 aliphatic carbocycles. The molecule has 1 heterocycles. The summed E-state index contributed by atoms with van der Waals surface area (Å²) in [5.41, 5.74) is -1.05. The van der Waals surface area contributed by atoms with E-state index in [1.807, 2.05) is 0 Å². The second kappa shape index (κ2) is 4.58. The highest BCUT2D eigenvalue weighted by atomic mass is 16.6. The highest BCUT2D eigenvalue weighted by Gasteiger charge is 2.72. The van der Waals surface area contributed by atoms with E-state index in [1.165, 1.54) is 0 Å². The van der Waals surface area contributed by atoms with Crippen LogP contribution >= 0.6 is 0 Å². The lowest BCUT2D eigenvalue weighted by atomic mass is 9.75. The standard InChI is InChI=1S/C14H14N2O5/c1-2-9(17)16-5-10(18)20-11-7-3-8-12(11)21-13(19)14(8,4-7)6-15/h2,7-8,11-12H,1,3-5H2,(H,16,17). The van der Waals surface area contributed by atoms with Crippen LogP contribution in [-0.4, -0.2) is 36.6 Å². The molecule has 1 amide bonds. The average molecular weight is 290 g/mol. The molecular formula is C14H14N2O5. The summed E-state index contributed by atoms with van der Waals surface area (Å²) in [4.78, 5) is 34.6. The fraction of sp³-hybridized carbons (Fsp3) is 0.571. The number of nitriles is 1. The number of esters is 2. The molecule has 3 aliphatic rings. The van der Waals surface area contributed by atoms with Crippen LogP contribution in [0.3, 0.4) is 0 Å². The number of carbonyl (C=O) groups excluding carboxylic acids is 3. The normalized spacial score (nSPS) is 38.5. The number of nitrogens with one attached hydrogen (secondary N) is 1. The minimum atomic E-state index is -1.05. The molecule has 7 heteroatoms. The van der Waals surface area contributed by atoms with E-state index in [1.54, 1.807) is 0 Å². The molecule has 5 unspecified atom stereocenters. The zero-order valence-corrected chi connectivity index (χ0v) is 11.2. The zero-order valence-electron chi connectivity index (χ0n) is 11.2. The first-order valence-corrected chi connectivity index (χ1v) is 6.74. The molecular weight excluding hydrogens is 276 g/mol. The quantitative estimate of drug-likeness (QED) is 0.561. The number of ether oxygens (including phenoxy) is 2. The Labute approximate surface area is 120 Å². The van der Waals surface area contributed by atoms with Gasteiger partial charge in [0.05, 0.1) is 6.07 Å². The molecule has 0 radical (unpaired) electrons. The first-order valence-electron chi connectivity index (χ1n) is 6.74. The highest BCUT2D eigenvalue weighted by Crippen LogP contribution is 2.62. The first-order chi connectivity index (χ1) is 10.0. The number of hydrogen-bond acceptors (Lipinski definition) is 6. The van der Waals surface area contributed by atoms with Gasteiger partial charge in [0, 0.05) is 11.8 Å². The summed E-state index contributed by atoms with van der Waals surface area (Å²) in [7, 11) is 0. The van der Waals surface area contributed by atoms with Crippen LogP contribution in [-0.2, 0) is 23.9 Å². The van der Waals surface area contributed by atoms with E-state index in [2.05, 4.69) is 18.0 Å². The zero-order chi connectivity index (χ0) is 15.2. The molecule has 1 N–H and O–H groups in total. The van der Waals surface area contributed by atoms with Crippen LogP contribution in [0.2, 0.25) is 0 Å². The molecule has 21 heavy (non-hydrogen) atoms. The second-order valence-corrected chi connectivity index (χ2v) is 5.64. The van der Waals surface area contributed by atoms with Gasteiger partial charge in [-0.25, -0.2) is 0 Å². The van der Waals surface area contributed by atoms with E-state index in [4.69, 9.17) is 9.47 Å². The van der Waals surface area contributed by atoms with Crippen molar-refractivity contribution in [2.24, 2.45) is 17.3 Å². The lowest BCUT2D eigenvalue weighted by Crippen LogP contribution is -2.41. The Hall–Kier alpha value is -2.36. The van der Waals surface area contributed by atoms with Crippen LogP contribution < -0.4 is 5.32 Å². The maximum absolute atomic E-state index is 11.9. The fourth-order valence-corrected chi connectivity index (χ4v) is 3.71. The molecule has 3 rings (SSSR count). The van der Waals surface area contributed by atoms with Gasteiger partial charge in [0.25, 0.3) is 0 Å². The summed E-state index contributed by atoms with van der Waals surface area (Å²) in [5, 5.41) is 11.6. The molecule has 3 fully saturated rings. The van der Waals surface area contributed by atoms with Crippen molar-refractivity contribution in [1.29, 1.82) is 5.26 Å². The number of hydrogen-bond donors (Lipinski definition) is 1. The third-order valence-corrected chi connectivity index (χ3v) is 4.63. The van der Waals surface area contributed by atoms with Crippen molar-refractivity contribution >= 4 is 17.8 Å². The van der Waals surface area contributed by atoms with E-state index in [-0.39, 0.29) is 18.4 Å². The first kappa shape index (κ1) is 13.6. The molecule has 110 valence electrons. The molecule has 0 aromatic rings. The Morgan fingerprint density at radius 3 is 3.05 bits per heavy atom. The maximum Gasteiger partial charge on any atom is 0.327 e. The number of carbonyl (C=O) groups is 3. The highest BCUT2D eigenvalue weighted by molar-refractivity contribution is 5.89. The lowest BCUT2D eigenvalue weighted by molar-refractivity contribution is -0.161. The summed E-state index contributed by atoms with van der Waals surface area (Å²) in [6.45, 7) is 3.02. The molecule has 7 nitrogen and oxygen atoms in total. The fourth-order valence-electron chi connectivity index (χ4n) is 3.71. The Kier molecular flexibility index (Phi) is 2.97. The number of amides is 1. The molecule has 2 bridgehead atoms. The number of nitrogens with zero attached hydrogens (tertiary/aromatic N) is 1. The van der Waals surface area contributed by atoms with Gasteiger partial charge in [-0.1, -0.05) is 6.58 Å². The van der Waals surface area contributed by atoms with Crippen molar-refractivity contribution in [2.75, 3.05) is 6.54 Å². The van der Waals surface area contributed by atoms with Gasteiger partial charge in [0.2, 0.25) is 5.91 Å². The van der Waals surface area contributed by atoms with E-state index in [9.17, 15) is 19.6 Å². The van der Waals surface area contributed by atoms with Gasteiger partial charge in [0.15, 0.2) is 5.41 Å². The van der Waals surface area contributed by atoms with Crippen molar-refractivity contribution in [2.45, 2.75) is 25.0 Å². The average Bonchev–Trinajstić information content (AvgIpc) is 3.06. The van der Waals surface area contributed by atoms with Gasteiger partial charge in [-0.05, 0) is 18.9 Å². The summed E-state index contributed by atoms with van der Waals surface area (Å²) in [6.07, 6.45) is 1.04. The van der Waals surface area contributed by atoms with Crippen LogP contribution in [0, 0.1) is 28.6 Å². The number of fused-ring (bicyclic) bond motifs is 1. The summed E-state index contributed by atoms with van der Waals surface area (Å²) >= 11 is 0. The van der Waals surface area contributed by atoms with Gasteiger partial charge in [-0.15, -0.1) is 0 Å². The van der Waals surface area contributed by atoms with Gasteiger partial charge < -0.3 is 14.8 Å². The second-order valence-electron chi connectivity index (χ2n) is 5.64. The molecule has 5 atom stereocenters. The van der Waals surface area contributed by atoms with Gasteiger partial charge in [-0.2, -0.15) is 5.26 Å². The Morgan fingerprint density at radius 2 is 2.38 bits per heavy atom. The van der Waals surface area contributed by atoms with E-state index in [0.29, 0.717) is 12.8 Å². The Morgan fingerprint density at radius 1 is 1.62 bits per heavy atom. The minimum absolute atomic E-state index is 0.0369. The van der Waals surface area contributed by atoms with Gasteiger partial charge in [0.1, 0.15) is 18.8 Å². The van der Waals surface area contributed by atoms with Crippen molar-refractivity contribution in [3.63, 3.8) is 0 Å². The molecule has 2 saturated carbocycles. The smallest absolute Gasteiger partial charge is 0.327 e. The van der Waals surface area contributed by atoms with Crippen LogP contribution in [0.1, 0.15) is 12.8 Å². The van der Waals surface area contributed by atoms with Crippen LogP contribution in [0.15, 0.2) is 12.7 Å². The Balaban J connectivity index is 1.64. The van der Waals surface area contributed by atoms with E-state index in [0.717, 1.165) is 6.08 Å². The van der Waals surface area contributed by atoms with E-state index < -0.39 is 35.5 Å². The molecule has 1 saturated heterocycles. The van der Waals surface area contributed by atoms with Crippen molar-refractivity contribution in [3.8, 4) is 6.07 Å². The SMILES string of the molecule is C=CC(=O)NCC(=O)OC1C2CC3C1OC(=O)C3(C#N)C2. The third kappa shape index (κ3) is 1.82. The summed E-state index contributed by atoms with van der Waals surface area (Å²) in [5.74, 6) is -1.78. The van der Waals surface area contributed by atoms with Gasteiger partial charge in [-0.3, -0.25) is 14.4 Å². The van der Waals surface area contributed by atoms with Crippen molar-refractivity contribution < 1.29 is 23.9 Å². The predicted molar refractivity (Wildman–Crippen MR) is 67.2 cm³/mol. The molecule has 0 aromatic heterocycles. The minimum Gasteiger partial charge on any atom is -0.457 e. The molecule has 1 aliphatic heterocycles. The van der Waals surface area contributed by atoms with Crippen LogP contribution in [0.5, 0.6) is 0 Å². The largest absolute Gasteiger partial charge is 0.457 e. The Bertz CT molecular complexity index is 580. The van der Waals surface area contributed by atoms with Crippen LogP contribution in [0.4, 0.5) is 0 Å². The topological polar surface area (TPSA) is 105 Å². The number of rotatable bonds is 4. The van der Waals surface area contributed by atoms with E-state index >= 15 is 0 Å².